The quantitative estimate of drug-likeness (QED) is 0.398. The van der Waals surface area contributed by atoms with Gasteiger partial charge in [0.1, 0.15) is 0 Å². The van der Waals surface area contributed by atoms with E-state index in [9.17, 15) is 4.79 Å². The van der Waals surface area contributed by atoms with Crippen LogP contribution in [0.15, 0.2) is 0 Å². The molecule has 0 saturated heterocycles. The van der Waals surface area contributed by atoms with Crippen molar-refractivity contribution in [1.82, 2.24) is 0 Å². The lowest BCUT2D eigenvalue weighted by Gasteiger charge is -2.04. The molecular formula is C12H26O8. The molecule has 0 radical (unpaired) electrons. The highest BCUT2D eigenvalue weighted by molar-refractivity contribution is 5.71. The minimum absolute atomic E-state index is 0.0413. The number of aliphatic hydroxyl groups excluding tert-OH is 2. The normalized spacial score (nSPS) is 11.6. The summed E-state index contributed by atoms with van der Waals surface area (Å²) in [4.78, 5) is 9.81. The molecule has 0 aliphatic heterocycles. The summed E-state index contributed by atoms with van der Waals surface area (Å²) in [5, 5.41) is 24.8. The Hall–Kier alpha value is -0.770. The van der Waals surface area contributed by atoms with Crippen LogP contribution in [0.5, 0.6) is 0 Å². The van der Waals surface area contributed by atoms with Crippen molar-refractivity contribution >= 4 is 5.97 Å². The lowest BCUT2D eigenvalue weighted by molar-refractivity contribution is -0.147. The lowest BCUT2D eigenvalue weighted by Crippen LogP contribution is -2.17. The molecule has 0 aliphatic carbocycles. The van der Waals surface area contributed by atoms with E-state index in [1.54, 1.807) is 0 Å². The zero-order chi connectivity index (χ0) is 15.6. The molecule has 0 bridgehead atoms. The molecule has 8 nitrogen and oxygen atoms in total. The second-order valence-electron chi connectivity index (χ2n) is 3.50. The molecular weight excluding hydrogens is 272 g/mol. The first-order chi connectivity index (χ1) is 9.59. The standard InChI is InChI=1S/C8H18O5.C4H8O3/c9-1-3-11-5-7-13-8-6-12-4-2-10;1-3(7-2)4(5)6/h9-10H,1-8H2;3H,1-2H3,(H,5,6). The van der Waals surface area contributed by atoms with Crippen molar-refractivity contribution in [2.75, 3.05) is 60.0 Å². The molecule has 0 rings (SSSR count). The highest BCUT2D eigenvalue weighted by Crippen LogP contribution is 1.83. The molecule has 3 N–H and O–H groups in total. The SMILES string of the molecule is COC(C)C(=O)O.OCCOCCOCCOCCO. The molecule has 0 aliphatic rings. The summed E-state index contributed by atoms with van der Waals surface area (Å²) in [6.45, 7) is 4.24. The first kappa shape index (κ1) is 21.5. The lowest BCUT2D eigenvalue weighted by atomic mass is 10.4. The van der Waals surface area contributed by atoms with E-state index in [1.165, 1.54) is 14.0 Å². The molecule has 20 heavy (non-hydrogen) atoms. The molecule has 0 aromatic heterocycles. The first-order valence-electron chi connectivity index (χ1n) is 6.30. The van der Waals surface area contributed by atoms with E-state index < -0.39 is 12.1 Å². The number of methoxy groups -OCH3 is 1. The third kappa shape index (κ3) is 19.6. The van der Waals surface area contributed by atoms with Crippen LogP contribution in [0, 0.1) is 0 Å². The van der Waals surface area contributed by atoms with Gasteiger partial charge in [0.05, 0.1) is 52.9 Å². The topological polar surface area (TPSA) is 115 Å². The third-order valence-electron chi connectivity index (χ3n) is 1.92. The van der Waals surface area contributed by atoms with E-state index in [2.05, 4.69) is 4.74 Å². The van der Waals surface area contributed by atoms with E-state index in [-0.39, 0.29) is 13.2 Å². The number of rotatable bonds is 12. The Balaban J connectivity index is 0. The summed E-state index contributed by atoms with van der Waals surface area (Å²) < 4.78 is 19.4. The van der Waals surface area contributed by atoms with Gasteiger partial charge in [0, 0.05) is 7.11 Å². The first-order valence-corrected chi connectivity index (χ1v) is 6.30. The molecule has 122 valence electrons. The maximum absolute atomic E-state index is 9.81. The molecule has 1 unspecified atom stereocenters. The molecule has 0 heterocycles. The molecule has 0 fully saturated rings. The molecule has 0 aromatic rings. The van der Waals surface area contributed by atoms with Gasteiger partial charge in [-0.2, -0.15) is 0 Å². The molecule has 0 aromatic carbocycles. The van der Waals surface area contributed by atoms with Crippen LogP contribution in [0.2, 0.25) is 0 Å². The summed E-state index contributed by atoms with van der Waals surface area (Å²) in [7, 11) is 1.36. The van der Waals surface area contributed by atoms with Crippen molar-refractivity contribution in [2.45, 2.75) is 13.0 Å². The van der Waals surface area contributed by atoms with Gasteiger partial charge in [-0.25, -0.2) is 4.79 Å². The maximum Gasteiger partial charge on any atom is 0.332 e. The Morgan fingerprint density at radius 1 is 0.900 bits per heavy atom. The third-order valence-corrected chi connectivity index (χ3v) is 1.92. The van der Waals surface area contributed by atoms with Gasteiger partial charge in [0.2, 0.25) is 0 Å². The summed E-state index contributed by atoms with van der Waals surface area (Å²) in [6, 6.07) is 0. The second-order valence-corrected chi connectivity index (χ2v) is 3.50. The maximum atomic E-state index is 9.81. The average Bonchev–Trinajstić information content (AvgIpc) is 2.45. The van der Waals surface area contributed by atoms with Crippen molar-refractivity contribution < 1.29 is 39.1 Å². The van der Waals surface area contributed by atoms with Gasteiger partial charge in [-0.15, -0.1) is 0 Å². The smallest absolute Gasteiger partial charge is 0.332 e. The van der Waals surface area contributed by atoms with E-state index in [0.29, 0.717) is 39.6 Å². The van der Waals surface area contributed by atoms with Gasteiger partial charge in [0.25, 0.3) is 0 Å². The summed E-state index contributed by atoms with van der Waals surface area (Å²) in [6.07, 6.45) is -0.681. The molecule has 1 atom stereocenters. The molecule has 8 heteroatoms. The highest BCUT2D eigenvalue weighted by atomic mass is 16.5. The number of hydrogen-bond acceptors (Lipinski definition) is 7. The van der Waals surface area contributed by atoms with Crippen LogP contribution in [-0.4, -0.2) is 87.4 Å². The van der Waals surface area contributed by atoms with Gasteiger partial charge in [-0.3, -0.25) is 0 Å². The Labute approximate surface area is 119 Å². The van der Waals surface area contributed by atoms with Crippen molar-refractivity contribution in [2.24, 2.45) is 0 Å². The van der Waals surface area contributed by atoms with Crippen LogP contribution in [0.4, 0.5) is 0 Å². The number of aliphatic carboxylic acids is 1. The van der Waals surface area contributed by atoms with Crippen LogP contribution in [0.1, 0.15) is 6.92 Å². The summed E-state index contributed by atoms with van der Waals surface area (Å²) in [5.74, 6) is -0.928. The van der Waals surface area contributed by atoms with Crippen LogP contribution in [-0.2, 0) is 23.7 Å². The van der Waals surface area contributed by atoms with E-state index >= 15 is 0 Å². The predicted molar refractivity (Wildman–Crippen MR) is 70.7 cm³/mol. The second kappa shape index (κ2) is 18.2. The fourth-order valence-corrected chi connectivity index (χ4v) is 0.772. The fourth-order valence-electron chi connectivity index (χ4n) is 0.772. The largest absolute Gasteiger partial charge is 0.479 e. The van der Waals surface area contributed by atoms with Crippen LogP contribution >= 0.6 is 0 Å². The van der Waals surface area contributed by atoms with E-state index in [1.807, 2.05) is 0 Å². The number of carboxylic acids is 1. The van der Waals surface area contributed by atoms with Gasteiger partial charge >= 0.3 is 5.97 Å². The number of hydrogen-bond donors (Lipinski definition) is 3. The fraction of sp³-hybridized carbons (Fsp3) is 0.917. The van der Waals surface area contributed by atoms with Crippen molar-refractivity contribution in [1.29, 1.82) is 0 Å². The van der Waals surface area contributed by atoms with E-state index in [0.717, 1.165) is 0 Å². The van der Waals surface area contributed by atoms with Gasteiger partial charge in [-0.05, 0) is 6.92 Å². The van der Waals surface area contributed by atoms with Gasteiger partial charge < -0.3 is 34.3 Å². The number of carbonyl (C=O) groups is 1. The summed E-state index contributed by atoms with van der Waals surface area (Å²) in [5.41, 5.74) is 0. The Morgan fingerprint density at radius 3 is 1.45 bits per heavy atom. The van der Waals surface area contributed by atoms with E-state index in [4.69, 9.17) is 29.5 Å². The minimum atomic E-state index is -0.928. The van der Waals surface area contributed by atoms with Gasteiger partial charge in [-0.1, -0.05) is 0 Å². The number of aliphatic hydroxyl groups is 2. The highest BCUT2D eigenvalue weighted by Gasteiger charge is 2.06. The zero-order valence-corrected chi connectivity index (χ0v) is 12.1. The Morgan fingerprint density at radius 2 is 1.25 bits per heavy atom. The van der Waals surface area contributed by atoms with Gasteiger partial charge in [0.15, 0.2) is 6.10 Å². The zero-order valence-electron chi connectivity index (χ0n) is 12.1. The Bertz CT molecular complexity index is 190. The monoisotopic (exact) mass is 298 g/mol. The average molecular weight is 298 g/mol. The van der Waals surface area contributed by atoms with Crippen molar-refractivity contribution in [3.8, 4) is 0 Å². The summed E-state index contributed by atoms with van der Waals surface area (Å²) >= 11 is 0. The molecule has 0 amide bonds. The number of carboxylic acid groups (broad SMARTS) is 1. The van der Waals surface area contributed by atoms with Crippen molar-refractivity contribution in [3.63, 3.8) is 0 Å². The van der Waals surface area contributed by atoms with Crippen molar-refractivity contribution in [3.05, 3.63) is 0 Å². The Kier molecular flexibility index (Phi) is 19.6. The molecule has 0 spiro atoms. The predicted octanol–water partition coefficient (Wildman–Crippen LogP) is -0.873. The van der Waals surface area contributed by atoms with Crippen LogP contribution < -0.4 is 0 Å². The van der Waals surface area contributed by atoms with Crippen LogP contribution in [0.3, 0.4) is 0 Å². The molecule has 0 saturated carbocycles. The number of ether oxygens (including phenoxy) is 4. The van der Waals surface area contributed by atoms with Crippen LogP contribution in [0.25, 0.3) is 0 Å². The minimum Gasteiger partial charge on any atom is -0.479 e.